The Balaban J connectivity index is 2.22. The summed E-state index contributed by atoms with van der Waals surface area (Å²) in [6.07, 6.45) is 5.60. The lowest BCUT2D eigenvalue weighted by atomic mass is 10.1. The van der Waals surface area contributed by atoms with E-state index >= 15 is 0 Å². The molecule has 2 rings (SSSR count). The van der Waals surface area contributed by atoms with Crippen molar-refractivity contribution in [2.24, 2.45) is 12.8 Å². The van der Waals surface area contributed by atoms with Crippen molar-refractivity contribution in [3.8, 4) is 0 Å². The number of nitrogens with two attached hydrogens (primary N) is 1. The van der Waals surface area contributed by atoms with E-state index in [1.54, 1.807) is 22.6 Å². The van der Waals surface area contributed by atoms with Gasteiger partial charge in [-0.05, 0) is 19.9 Å². The highest BCUT2D eigenvalue weighted by molar-refractivity contribution is 7.99. The van der Waals surface area contributed by atoms with Gasteiger partial charge in [-0.15, -0.1) is 0 Å². The molecule has 0 spiro atoms. The Morgan fingerprint density at radius 2 is 2.22 bits per heavy atom. The molecule has 0 aliphatic rings. The van der Waals surface area contributed by atoms with Crippen molar-refractivity contribution in [3.63, 3.8) is 0 Å². The van der Waals surface area contributed by atoms with Crippen LogP contribution in [-0.4, -0.2) is 25.8 Å². The Morgan fingerprint density at radius 3 is 2.78 bits per heavy atom. The van der Waals surface area contributed by atoms with Crippen LogP contribution in [0.15, 0.2) is 29.8 Å². The largest absolute Gasteiger partial charge is 0.327 e. The Hall–Kier alpha value is -1.40. The van der Waals surface area contributed by atoms with E-state index in [9.17, 15) is 0 Å². The quantitative estimate of drug-likeness (QED) is 0.671. The van der Waals surface area contributed by atoms with Gasteiger partial charge in [-0.2, -0.15) is 5.10 Å². The molecular formula is C12H17N5S. The van der Waals surface area contributed by atoms with Gasteiger partial charge in [0.25, 0.3) is 0 Å². The van der Waals surface area contributed by atoms with Crippen molar-refractivity contribution < 1.29 is 0 Å². The zero-order valence-electron chi connectivity index (χ0n) is 10.7. The second-order valence-corrected chi connectivity index (χ2v) is 5.43. The van der Waals surface area contributed by atoms with Gasteiger partial charge in [0, 0.05) is 36.7 Å². The van der Waals surface area contributed by atoms with Crippen molar-refractivity contribution >= 4 is 11.8 Å². The SMILES string of the molecule is Cc1ccnc(SC(c2cnn(C)c2)C(C)N)n1. The van der Waals surface area contributed by atoms with Crippen molar-refractivity contribution in [1.82, 2.24) is 19.7 Å². The average molecular weight is 263 g/mol. The van der Waals surface area contributed by atoms with E-state index in [-0.39, 0.29) is 11.3 Å². The number of aromatic nitrogens is 4. The van der Waals surface area contributed by atoms with Crippen LogP contribution in [0.5, 0.6) is 0 Å². The Kier molecular flexibility index (Phi) is 3.98. The second kappa shape index (κ2) is 5.49. The van der Waals surface area contributed by atoms with E-state index in [0.717, 1.165) is 16.4 Å². The molecule has 0 saturated heterocycles. The number of rotatable bonds is 4. The molecule has 0 aliphatic heterocycles. The predicted octanol–water partition coefficient (Wildman–Crippen LogP) is 1.70. The molecule has 2 unspecified atom stereocenters. The van der Waals surface area contributed by atoms with E-state index in [4.69, 9.17) is 5.73 Å². The molecule has 2 atom stereocenters. The molecule has 2 N–H and O–H groups in total. The molecule has 2 aromatic heterocycles. The number of nitrogens with zero attached hydrogens (tertiary/aromatic N) is 4. The minimum absolute atomic E-state index is 0.00307. The molecule has 2 heterocycles. The summed E-state index contributed by atoms with van der Waals surface area (Å²) in [5.74, 6) is 0. The summed E-state index contributed by atoms with van der Waals surface area (Å²) in [7, 11) is 1.90. The molecule has 2 aromatic rings. The number of hydrogen-bond donors (Lipinski definition) is 1. The van der Waals surface area contributed by atoms with E-state index in [1.165, 1.54) is 0 Å². The van der Waals surface area contributed by atoms with Gasteiger partial charge in [0.1, 0.15) is 0 Å². The standard InChI is InChI=1S/C12H17N5S/c1-8-4-5-14-12(16-8)18-11(9(2)13)10-6-15-17(3)7-10/h4-7,9,11H,13H2,1-3H3. The first kappa shape index (κ1) is 13.0. The molecule has 0 aliphatic carbocycles. The summed E-state index contributed by atoms with van der Waals surface area (Å²) in [4.78, 5) is 8.66. The zero-order chi connectivity index (χ0) is 13.1. The van der Waals surface area contributed by atoms with Crippen LogP contribution in [0.1, 0.15) is 23.4 Å². The Labute approximate surface area is 111 Å². The third-order valence-electron chi connectivity index (χ3n) is 2.54. The molecule has 5 nitrogen and oxygen atoms in total. The summed E-state index contributed by atoms with van der Waals surface area (Å²) in [5.41, 5.74) is 8.11. The van der Waals surface area contributed by atoms with Crippen LogP contribution in [0, 0.1) is 6.92 Å². The van der Waals surface area contributed by atoms with Gasteiger partial charge in [0.05, 0.1) is 11.4 Å². The summed E-state index contributed by atoms with van der Waals surface area (Å²) < 4.78 is 1.78. The van der Waals surface area contributed by atoms with Gasteiger partial charge < -0.3 is 5.73 Å². The first-order valence-corrected chi connectivity index (χ1v) is 6.64. The molecule has 0 saturated carbocycles. The minimum Gasteiger partial charge on any atom is -0.327 e. The van der Waals surface area contributed by atoms with Crippen molar-refractivity contribution in [2.75, 3.05) is 0 Å². The molecule has 96 valence electrons. The van der Waals surface area contributed by atoms with E-state index in [2.05, 4.69) is 15.1 Å². The molecule has 6 heteroatoms. The monoisotopic (exact) mass is 263 g/mol. The lowest BCUT2D eigenvalue weighted by molar-refractivity contribution is 0.714. The predicted molar refractivity (Wildman–Crippen MR) is 72.2 cm³/mol. The maximum Gasteiger partial charge on any atom is 0.188 e. The number of aryl methyl sites for hydroxylation is 2. The lowest BCUT2D eigenvalue weighted by Crippen LogP contribution is -2.22. The van der Waals surface area contributed by atoms with E-state index in [0.29, 0.717) is 0 Å². The van der Waals surface area contributed by atoms with Gasteiger partial charge in [-0.1, -0.05) is 11.8 Å². The molecule has 0 amide bonds. The maximum absolute atomic E-state index is 6.05. The van der Waals surface area contributed by atoms with Crippen LogP contribution >= 0.6 is 11.8 Å². The minimum atomic E-state index is 0.00307. The van der Waals surface area contributed by atoms with Gasteiger partial charge >= 0.3 is 0 Å². The van der Waals surface area contributed by atoms with E-state index < -0.39 is 0 Å². The van der Waals surface area contributed by atoms with Gasteiger partial charge in [0.15, 0.2) is 5.16 Å². The third kappa shape index (κ3) is 3.08. The normalized spacial score (nSPS) is 14.4. The number of hydrogen-bond acceptors (Lipinski definition) is 5. The molecule has 0 aromatic carbocycles. The lowest BCUT2D eigenvalue weighted by Gasteiger charge is -2.17. The Morgan fingerprint density at radius 1 is 1.44 bits per heavy atom. The summed E-state index contributed by atoms with van der Waals surface area (Å²) >= 11 is 1.58. The highest BCUT2D eigenvalue weighted by Crippen LogP contribution is 2.34. The highest BCUT2D eigenvalue weighted by atomic mass is 32.2. The van der Waals surface area contributed by atoms with Gasteiger partial charge in [0.2, 0.25) is 0 Å². The average Bonchev–Trinajstić information content (AvgIpc) is 2.72. The topological polar surface area (TPSA) is 69.6 Å². The highest BCUT2D eigenvalue weighted by Gasteiger charge is 2.20. The van der Waals surface area contributed by atoms with Crippen LogP contribution in [0.25, 0.3) is 0 Å². The fraction of sp³-hybridized carbons (Fsp3) is 0.417. The zero-order valence-corrected chi connectivity index (χ0v) is 11.6. The molecule has 0 radical (unpaired) electrons. The third-order valence-corrected chi connectivity index (χ3v) is 3.90. The summed E-state index contributed by atoms with van der Waals surface area (Å²) in [6, 6.07) is 1.89. The summed E-state index contributed by atoms with van der Waals surface area (Å²) in [6.45, 7) is 3.94. The fourth-order valence-electron chi connectivity index (χ4n) is 1.66. The van der Waals surface area contributed by atoms with Crippen LogP contribution in [0.3, 0.4) is 0 Å². The maximum atomic E-state index is 6.05. The van der Waals surface area contributed by atoms with Crippen LogP contribution in [0.4, 0.5) is 0 Å². The Bertz CT molecular complexity index is 523. The van der Waals surface area contributed by atoms with Crippen molar-refractivity contribution in [2.45, 2.75) is 30.3 Å². The van der Waals surface area contributed by atoms with Crippen molar-refractivity contribution in [1.29, 1.82) is 0 Å². The summed E-state index contributed by atoms with van der Waals surface area (Å²) in [5, 5.41) is 5.05. The van der Waals surface area contributed by atoms with Crippen LogP contribution in [-0.2, 0) is 7.05 Å². The van der Waals surface area contributed by atoms with Gasteiger partial charge in [-0.3, -0.25) is 4.68 Å². The van der Waals surface area contributed by atoms with Gasteiger partial charge in [-0.25, -0.2) is 9.97 Å². The second-order valence-electron chi connectivity index (χ2n) is 4.33. The molecule has 18 heavy (non-hydrogen) atoms. The molecule has 0 fully saturated rings. The van der Waals surface area contributed by atoms with Crippen LogP contribution < -0.4 is 5.73 Å². The molecule has 0 bridgehead atoms. The first-order valence-electron chi connectivity index (χ1n) is 5.76. The smallest absolute Gasteiger partial charge is 0.188 e. The van der Waals surface area contributed by atoms with Crippen LogP contribution in [0.2, 0.25) is 0 Å². The van der Waals surface area contributed by atoms with E-state index in [1.807, 2.05) is 39.4 Å². The number of thioether (sulfide) groups is 1. The molecular weight excluding hydrogens is 246 g/mol. The fourth-order valence-corrected chi connectivity index (χ4v) is 2.68. The van der Waals surface area contributed by atoms with Crippen molar-refractivity contribution in [3.05, 3.63) is 35.9 Å². The first-order chi connectivity index (χ1) is 8.56.